The highest BCUT2D eigenvalue weighted by Gasteiger charge is 2.16. The van der Waals surface area contributed by atoms with E-state index in [4.69, 9.17) is 5.73 Å². The van der Waals surface area contributed by atoms with Crippen LogP contribution in [0.2, 0.25) is 0 Å². The Balaban J connectivity index is 2.73. The van der Waals surface area contributed by atoms with E-state index in [2.05, 4.69) is 6.58 Å². The van der Waals surface area contributed by atoms with E-state index in [9.17, 15) is 10.2 Å². The van der Waals surface area contributed by atoms with Gasteiger partial charge < -0.3 is 15.9 Å². The third-order valence-electron chi connectivity index (χ3n) is 2.34. The Morgan fingerprint density at radius 1 is 1.27 bits per heavy atom. The van der Waals surface area contributed by atoms with Crippen LogP contribution >= 0.6 is 0 Å². The van der Waals surface area contributed by atoms with Gasteiger partial charge in [-0.05, 0) is 24.1 Å². The first-order valence-electron chi connectivity index (χ1n) is 4.97. The molecule has 0 bridgehead atoms. The van der Waals surface area contributed by atoms with Crippen molar-refractivity contribution in [2.24, 2.45) is 5.73 Å². The highest BCUT2D eigenvalue weighted by atomic mass is 16.3. The summed E-state index contributed by atoms with van der Waals surface area (Å²) >= 11 is 0. The number of aliphatic hydroxyl groups excluding tert-OH is 2. The van der Waals surface area contributed by atoms with Crippen LogP contribution in [-0.2, 0) is 0 Å². The largest absolute Gasteiger partial charge is 0.390 e. The van der Waals surface area contributed by atoms with E-state index in [0.29, 0.717) is 18.5 Å². The molecule has 3 heteroatoms. The van der Waals surface area contributed by atoms with E-state index in [0.717, 1.165) is 5.56 Å². The Bertz CT molecular complexity index is 308. The molecule has 0 aliphatic rings. The minimum atomic E-state index is -0.868. The van der Waals surface area contributed by atoms with Gasteiger partial charge in [0, 0.05) is 0 Å². The van der Waals surface area contributed by atoms with Gasteiger partial charge in [0.05, 0.1) is 6.10 Å². The molecule has 0 aromatic heterocycles. The lowest BCUT2D eigenvalue weighted by atomic mass is 10.0. The maximum atomic E-state index is 9.75. The van der Waals surface area contributed by atoms with Gasteiger partial charge in [-0.2, -0.15) is 0 Å². The first-order chi connectivity index (χ1) is 7.19. The molecule has 0 spiro atoms. The maximum Gasteiger partial charge on any atom is 0.105 e. The molecule has 1 rings (SSSR count). The highest BCUT2D eigenvalue weighted by Crippen LogP contribution is 2.19. The highest BCUT2D eigenvalue weighted by molar-refractivity contribution is 5.47. The lowest BCUT2D eigenvalue weighted by molar-refractivity contribution is 0.0150. The predicted octanol–water partition coefficient (Wildman–Crippen LogP) is 1.07. The summed E-state index contributed by atoms with van der Waals surface area (Å²) in [4.78, 5) is 0. The second-order valence-electron chi connectivity index (χ2n) is 3.46. The molecule has 0 fully saturated rings. The topological polar surface area (TPSA) is 66.5 Å². The molecule has 0 saturated heterocycles. The number of aliphatic hydroxyl groups is 2. The van der Waals surface area contributed by atoms with E-state index in [1.54, 1.807) is 18.2 Å². The van der Waals surface area contributed by atoms with Crippen molar-refractivity contribution in [1.82, 2.24) is 0 Å². The SMILES string of the molecule is C=Cc1ccc(C(O)C(O)CCN)cc1. The third-order valence-corrected chi connectivity index (χ3v) is 2.34. The fourth-order valence-electron chi connectivity index (χ4n) is 1.38. The van der Waals surface area contributed by atoms with Crippen molar-refractivity contribution in [3.63, 3.8) is 0 Å². The van der Waals surface area contributed by atoms with Crippen LogP contribution in [0.15, 0.2) is 30.8 Å². The second-order valence-corrected chi connectivity index (χ2v) is 3.46. The number of benzene rings is 1. The fourth-order valence-corrected chi connectivity index (χ4v) is 1.38. The van der Waals surface area contributed by atoms with Crippen LogP contribution in [0.5, 0.6) is 0 Å². The summed E-state index contributed by atoms with van der Waals surface area (Å²) in [5, 5.41) is 19.3. The molecule has 0 aliphatic heterocycles. The predicted molar refractivity (Wildman–Crippen MR) is 61.2 cm³/mol. The molecule has 4 N–H and O–H groups in total. The molecule has 0 saturated carbocycles. The first kappa shape index (κ1) is 11.9. The van der Waals surface area contributed by atoms with Crippen molar-refractivity contribution in [2.75, 3.05) is 6.54 Å². The number of rotatable bonds is 5. The molecular weight excluding hydrogens is 190 g/mol. The standard InChI is InChI=1S/C12H17NO2/c1-2-9-3-5-10(6-4-9)12(15)11(14)7-8-13/h2-6,11-12,14-15H,1,7-8,13H2. The average molecular weight is 207 g/mol. The number of hydrogen-bond donors (Lipinski definition) is 3. The number of nitrogens with two attached hydrogens (primary N) is 1. The van der Waals surface area contributed by atoms with Crippen LogP contribution in [0.1, 0.15) is 23.7 Å². The smallest absolute Gasteiger partial charge is 0.105 e. The van der Waals surface area contributed by atoms with Gasteiger partial charge in [0.1, 0.15) is 6.10 Å². The zero-order valence-electron chi connectivity index (χ0n) is 8.63. The molecule has 0 aliphatic carbocycles. The maximum absolute atomic E-state index is 9.75. The van der Waals surface area contributed by atoms with Crippen LogP contribution in [-0.4, -0.2) is 22.9 Å². The summed E-state index contributed by atoms with van der Waals surface area (Å²) < 4.78 is 0. The van der Waals surface area contributed by atoms with Gasteiger partial charge in [-0.1, -0.05) is 36.9 Å². The zero-order valence-corrected chi connectivity index (χ0v) is 8.63. The quantitative estimate of drug-likeness (QED) is 0.676. The van der Waals surface area contributed by atoms with Crippen molar-refractivity contribution in [2.45, 2.75) is 18.6 Å². The van der Waals surface area contributed by atoms with Crippen molar-refractivity contribution in [1.29, 1.82) is 0 Å². The van der Waals surface area contributed by atoms with Crippen molar-refractivity contribution in [3.8, 4) is 0 Å². The normalized spacial score (nSPS) is 14.6. The summed E-state index contributed by atoms with van der Waals surface area (Å²) in [5.41, 5.74) is 6.99. The van der Waals surface area contributed by atoms with Gasteiger partial charge in [-0.3, -0.25) is 0 Å². The summed E-state index contributed by atoms with van der Waals surface area (Å²) in [6, 6.07) is 7.25. The Morgan fingerprint density at radius 3 is 2.33 bits per heavy atom. The molecule has 0 heterocycles. The van der Waals surface area contributed by atoms with Crippen molar-refractivity contribution in [3.05, 3.63) is 42.0 Å². The Hall–Kier alpha value is -1.16. The lowest BCUT2D eigenvalue weighted by Gasteiger charge is -2.17. The molecule has 82 valence electrons. The zero-order chi connectivity index (χ0) is 11.3. The van der Waals surface area contributed by atoms with Gasteiger partial charge in [0.25, 0.3) is 0 Å². The summed E-state index contributed by atoms with van der Waals surface area (Å²) in [5.74, 6) is 0. The Kier molecular flexibility index (Phi) is 4.49. The molecule has 1 aromatic rings. The van der Waals surface area contributed by atoms with E-state index in [1.807, 2.05) is 12.1 Å². The molecule has 15 heavy (non-hydrogen) atoms. The first-order valence-corrected chi connectivity index (χ1v) is 4.97. The molecule has 2 unspecified atom stereocenters. The Labute approximate surface area is 89.9 Å². The van der Waals surface area contributed by atoms with Gasteiger partial charge in [-0.15, -0.1) is 0 Å². The molecule has 3 nitrogen and oxygen atoms in total. The minimum Gasteiger partial charge on any atom is -0.390 e. The molecule has 2 atom stereocenters. The summed E-state index contributed by atoms with van der Waals surface area (Å²) in [6.45, 7) is 4.01. The van der Waals surface area contributed by atoms with Crippen LogP contribution in [0, 0.1) is 0 Å². The van der Waals surface area contributed by atoms with Crippen LogP contribution in [0.4, 0.5) is 0 Å². The van der Waals surface area contributed by atoms with E-state index >= 15 is 0 Å². The van der Waals surface area contributed by atoms with Crippen LogP contribution in [0.25, 0.3) is 6.08 Å². The van der Waals surface area contributed by atoms with Gasteiger partial charge in [-0.25, -0.2) is 0 Å². The van der Waals surface area contributed by atoms with E-state index in [1.165, 1.54) is 0 Å². The monoisotopic (exact) mass is 207 g/mol. The molecular formula is C12H17NO2. The second kappa shape index (κ2) is 5.66. The molecule has 0 amide bonds. The van der Waals surface area contributed by atoms with Crippen molar-refractivity contribution < 1.29 is 10.2 Å². The van der Waals surface area contributed by atoms with Gasteiger partial charge >= 0.3 is 0 Å². The fraction of sp³-hybridized carbons (Fsp3) is 0.333. The van der Waals surface area contributed by atoms with Crippen LogP contribution < -0.4 is 5.73 Å². The Morgan fingerprint density at radius 2 is 1.87 bits per heavy atom. The minimum absolute atomic E-state index is 0.364. The molecule has 0 radical (unpaired) electrons. The summed E-state index contributed by atoms with van der Waals surface area (Å²) in [7, 11) is 0. The van der Waals surface area contributed by atoms with E-state index in [-0.39, 0.29) is 0 Å². The average Bonchev–Trinajstić information content (AvgIpc) is 2.28. The third kappa shape index (κ3) is 3.16. The van der Waals surface area contributed by atoms with Crippen LogP contribution in [0.3, 0.4) is 0 Å². The molecule has 1 aromatic carbocycles. The lowest BCUT2D eigenvalue weighted by Crippen LogP contribution is -2.21. The van der Waals surface area contributed by atoms with Crippen molar-refractivity contribution >= 4 is 6.08 Å². The number of hydrogen-bond acceptors (Lipinski definition) is 3. The summed E-state index contributed by atoms with van der Waals surface area (Å²) in [6.07, 6.45) is 0.452. The van der Waals surface area contributed by atoms with Gasteiger partial charge in [0.15, 0.2) is 0 Å². The van der Waals surface area contributed by atoms with E-state index < -0.39 is 12.2 Å². The van der Waals surface area contributed by atoms with Gasteiger partial charge in [0.2, 0.25) is 0 Å².